The highest BCUT2D eigenvalue weighted by atomic mass is 16.5. The van der Waals surface area contributed by atoms with Crippen LogP contribution in [0.15, 0.2) is 18.2 Å². The van der Waals surface area contributed by atoms with Crippen LogP contribution in [0, 0.1) is 0 Å². The largest absolute Gasteiger partial charge is 0.493 e. The van der Waals surface area contributed by atoms with E-state index in [0.717, 1.165) is 0 Å². The number of methoxy groups -OCH3 is 2. The van der Waals surface area contributed by atoms with E-state index in [1.807, 2.05) is 0 Å². The van der Waals surface area contributed by atoms with Crippen LogP contribution >= 0.6 is 0 Å². The van der Waals surface area contributed by atoms with Crippen molar-refractivity contribution in [1.29, 1.82) is 0 Å². The van der Waals surface area contributed by atoms with Gasteiger partial charge in [-0.25, -0.2) is 0 Å². The summed E-state index contributed by atoms with van der Waals surface area (Å²) in [6.07, 6.45) is -0.233. The normalized spacial score (nSPS) is 11.5. The van der Waals surface area contributed by atoms with Crippen LogP contribution < -0.4 is 14.8 Å². The van der Waals surface area contributed by atoms with Gasteiger partial charge in [0.05, 0.1) is 26.7 Å². The van der Waals surface area contributed by atoms with Gasteiger partial charge in [-0.2, -0.15) is 0 Å². The Balaban J connectivity index is 3.20. The molecule has 1 aromatic carbocycles. The van der Waals surface area contributed by atoms with E-state index in [0.29, 0.717) is 17.1 Å². The highest BCUT2D eigenvalue weighted by molar-refractivity contribution is 5.75. The van der Waals surface area contributed by atoms with Crippen molar-refractivity contribution in [3.8, 4) is 11.5 Å². The van der Waals surface area contributed by atoms with Crippen molar-refractivity contribution in [2.75, 3.05) is 14.2 Å². The first kappa shape index (κ1) is 14.8. The Morgan fingerprint density at radius 2 is 2.00 bits per heavy atom. The van der Waals surface area contributed by atoms with E-state index in [-0.39, 0.29) is 12.3 Å². The molecule has 0 saturated heterocycles. The zero-order valence-corrected chi connectivity index (χ0v) is 11.1. The maximum atomic E-state index is 11.2. The zero-order chi connectivity index (χ0) is 14.4. The van der Waals surface area contributed by atoms with Crippen molar-refractivity contribution in [1.82, 2.24) is 5.32 Å². The number of carbonyl (C=O) groups excluding carboxylic acids is 1. The van der Waals surface area contributed by atoms with Gasteiger partial charge in [0.1, 0.15) is 0 Å². The topological polar surface area (TPSA) is 84.9 Å². The Hall–Kier alpha value is -2.24. The van der Waals surface area contributed by atoms with E-state index >= 15 is 0 Å². The number of amides is 1. The summed E-state index contributed by atoms with van der Waals surface area (Å²) in [4.78, 5) is 22.1. The van der Waals surface area contributed by atoms with Gasteiger partial charge in [0, 0.05) is 12.5 Å². The zero-order valence-electron chi connectivity index (χ0n) is 11.1. The molecule has 0 aliphatic carbocycles. The Morgan fingerprint density at radius 3 is 2.47 bits per heavy atom. The molecule has 1 unspecified atom stereocenters. The van der Waals surface area contributed by atoms with Gasteiger partial charge in [-0.05, 0) is 6.07 Å². The van der Waals surface area contributed by atoms with Gasteiger partial charge in [-0.15, -0.1) is 0 Å². The summed E-state index contributed by atoms with van der Waals surface area (Å²) in [6.45, 7) is 1.33. The maximum Gasteiger partial charge on any atom is 0.305 e. The first-order valence-electron chi connectivity index (χ1n) is 5.69. The van der Waals surface area contributed by atoms with Crippen LogP contribution in [0.3, 0.4) is 0 Å². The molecule has 6 heteroatoms. The van der Waals surface area contributed by atoms with E-state index in [1.54, 1.807) is 18.2 Å². The first-order chi connectivity index (χ1) is 8.99. The van der Waals surface area contributed by atoms with Gasteiger partial charge >= 0.3 is 5.97 Å². The van der Waals surface area contributed by atoms with Crippen molar-refractivity contribution >= 4 is 11.9 Å². The highest BCUT2D eigenvalue weighted by Gasteiger charge is 2.22. The predicted molar refractivity (Wildman–Crippen MR) is 68.4 cm³/mol. The molecule has 1 aromatic rings. The van der Waals surface area contributed by atoms with Gasteiger partial charge < -0.3 is 19.9 Å². The number of hydrogen-bond acceptors (Lipinski definition) is 4. The molecule has 0 aliphatic rings. The molecule has 1 rings (SSSR count). The SMILES string of the molecule is COc1cccc(C(CC(=O)O)NC(C)=O)c1OC. The molecule has 0 spiro atoms. The minimum absolute atomic E-state index is 0.233. The molecule has 0 aromatic heterocycles. The number of aliphatic carboxylic acids is 1. The summed E-state index contributed by atoms with van der Waals surface area (Å²) in [5.41, 5.74) is 0.569. The second-order valence-corrected chi connectivity index (χ2v) is 3.93. The Bertz CT molecular complexity index is 456. The lowest BCUT2D eigenvalue weighted by atomic mass is 10.0. The highest BCUT2D eigenvalue weighted by Crippen LogP contribution is 2.35. The van der Waals surface area contributed by atoms with Gasteiger partial charge in [-0.1, -0.05) is 12.1 Å². The predicted octanol–water partition coefficient (Wildman–Crippen LogP) is 1.36. The molecule has 0 radical (unpaired) electrons. The fourth-order valence-corrected chi connectivity index (χ4v) is 1.85. The molecule has 2 N–H and O–H groups in total. The number of ether oxygens (including phenoxy) is 2. The number of benzene rings is 1. The Kier molecular flexibility index (Phi) is 5.17. The number of nitrogens with one attached hydrogen (secondary N) is 1. The number of carboxylic acid groups (broad SMARTS) is 1. The van der Waals surface area contributed by atoms with Crippen LogP contribution in [-0.4, -0.2) is 31.2 Å². The summed E-state index contributed by atoms with van der Waals surface area (Å²) in [7, 11) is 2.96. The lowest BCUT2D eigenvalue weighted by molar-refractivity contribution is -0.137. The Morgan fingerprint density at radius 1 is 1.32 bits per heavy atom. The van der Waals surface area contributed by atoms with Gasteiger partial charge in [0.2, 0.25) is 5.91 Å². The number of carbonyl (C=O) groups is 2. The van der Waals surface area contributed by atoms with E-state index in [9.17, 15) is 9.59 Å². The number of carboxylic acids is 1. The second-order valence-electron chi connectivity index (χ2n) is 3.93. The summed E-state index contributed by atoms with van der Waals surface area (Å²) >= 11 is 0. The van der Waals surface area contributed by atoms with Crippen molar-refractivity contribution in [3.63, 3.8) is 0 Å². The van der Waals surface area contributed by atoms with Crippen LogP contribution in [0.1, 0.15) is 24.9 Å². The van der Waals surface area contributed by atoms with Crippen LogP contribution in [0.2, 0.25) is 0 Å². The fourth-order valence-electron chi connectivity index (χ4n) is 1.85. The Labute approximate surface area is 111 Å². The van der Waals surface area contributed by atoms with E-state index in [4.69, 9.17) is 14.6 Å². The quantitative estimate of drug-likeness (QED) is 0.812. The lowest BCUT2D eigenvalue weighted by Crippen LogP contribution is -2.28. The fraction of sp³-hybridized carbons (Fsp3) is 0.385. The molecule has 0 saturated carbocycles. The maximum absolute atomic E-state index is 11.2. The number of para-hydroxylation sites is 1. The lowest BCUT2D eigenvalue weighted by Gasteiger charge is -2.20. The molecule has 0 aliphatic heterocycles. The number of rotatable bonds is 6. The average molecular weight is 267 g/mol. The first-order valence-corrected chi connectivity index (χ1v) is 5.69. The summed E-state index contributed by atoms with van der Waals surface area (Å²) in [6, 6.07) is 4.45. The summed E-state index contributed by atoms with van der Waals surface area (Å²) in [5.74, 6) is -0.412. The summed E-state index contributed by atoms with van der Waals surface area (Å²) < 4.78 is 10.4. The van der Waals surface area contributed by atoms with Crippen molar-refractivity contribution in [2.24, 2.45) is 0 Å². The molecule has 1 atom stereocenters. The van der Waals surface area contributed by atoms with Crippen molar-refractivity contribution in [3.05, 3.63) is 23.8 Å². The third kappa shape index (κ3) is 3.87. The van der Waals surface area contributed by atoms with Crippen molar-refractivity contribution in [2.45, 2.75) is 19.4 Å². The minimum atomic E-state index is -1.01. The van der Waals surface area contributed by atoms with Crippen LogP contribution in [0.25, 0.3) is 0 Å². The van der Waals surface area contributed by atoms with Gasteiger partial charge in [0.25, 0.3) is 0 Å². The third-order valence-electron chi connectivity index (χ3n) is 2.57. The second kappa shape index (κ2) is 6.63. The smallest absolute Gasteiger partial charge is 0.305 e. The van der Waals surface area contributed by atoms with Crippen LogP contribution in [0.4, 0.5) is 0 Å². The van der Waals surface area contributed by atoms with Gasteiger partial charge in [-0.3, -0.25) is 9.59 Å². The van der Waals surface area contributed by atoms with E-state index in [1.165, 1.54) is 21.1 Å². The van der Waals surface area contributed by atoms with Crippen molar-refractivity contribution < 1.29 is 24.2 Å². The molecule has 104 valence electrons. The van der Waals surface area contributed by atoms with E-state index in [2.05, 4.69) is 5.32 Å². The van der Waals surface area contributed by atoms with Gasteiger partial charge in [0.15, 0.2) is 11.5 Å². The standard InChI is InChI=1S/C13H17NO5/c1-8(15)14-10(7-12(16)17)9-5-4-6-11(18-2)13(9)19-3/h4-6,10H,7H2,1-3H3,(H,14,15)(H,16,17). The minimum Gasteiger partial charge on any atom is -0.493 e. The molecule has 0 bridgehead atoms. The monoisotopic (exact) mass is 267 g/mol. The molecule has 19 heavy (non-hydrogen) atoms. The molecule has 0 fully saturated rings. The third-order valence-corrected chi connectivity index (χ3v) is 2.57. The molecule has 6 nitrogen and oxygen atoms in total. The number of hydrogen-bond donors (Lipinski definition) is 2. The summed E-state index contributed by atoms with van der Waals surface area (Å²) in [5, 5.41) is 11.5. The molecular formula is C13H17NO5. The molecule has 1 amide bonds. The van der Waals surface area contributed by atoms with E-state index < -0.39 is 12.0 Å². The average Bonchev–Trinajstić information content (AvgIpc) is 2.35. The molecular weight excluding hydrogens is 250 g/mol. The van der Waals surface area contributed by atoms with Crippen LogP contribution in [0.5, 0.6) is 11.5 Å². The molecule has 0 heterocycles. The van der Waals surface area contributed by atoms with Crippen LogP contribution in [-0.2, 0) is 9.59 Å².